The summed E-state index contributed by atoms with van der Waals surface area (Å²) in [6, 6.07) is 14.3. The van der Waals surface area contributed by atoms with Crippen molar-refractivity contribution in [3.63, 3.8) is 0 Å². The van der Waals surface area contributed by atoms with E-state index in [1.54, 1.807) is 48.0 Å². The van der Waals surface area contributed by atoms with Gasteiger partial charge in [-0.05, 0) is 62.7 Å². The monoisotopic (exact) mass is 554 g/mol. The molecule has 0 saturated carbocycles. The summed E-state index contributed by atoms with van der Waals surface area (Å²) in [6.07, 6.45) is 3.13. The molecule has 3 aromatic heterocycles. The molecule has 5 rings (SSSR count). The fraction of sp³-hybridized carbons (Fsp3) is 0.323. The first-order valence-electron chi connectivity index (χ1n) is 13.5. The van der Waals surface area contributed by atoms with Crippen molar-refractivity contribution in [3.05, 3.63) is 93.8 Å². The van der Waals surface area contributed by atoms with E-state index in [4.69, 9.17) is 10.00 Å². The van der Waals surface area contributed by atoms with Gasteiger partial charge in [-0.3, -0.25) is 24.0 Å². The minimum atomic E-state index is -0.534. The lowest BCUT2D eigenvalue weighted by atomic mass is 10.0. The lowest BCUT2D eigenvalue weighted by Crippen LogP contribution is -2.53. The van der Waals surface area contributed by atoms with Gasteiger partial charge < -0.3 is 10.1 Å². The van der Waals surface area contributed by atoms with E-state index in [-0.39, 0.29) is 11.4 Å². The molecule has 41 heavy (non-hydrogen) atoms. The van der Waals surface area contributed by atoms with E-state index in [1.807, 2.05) is 6.07 Å². The first-order chi connectivity index (χ1) is 19.7. The van der Waals surface area contributed by atoms with Crippen LogP contribution in [0.4, 0.5) is 4.39 Å². The van der Waals surface area contributed by atoms with Gasteiger partial charge in [-0.25, -0.2) is 9.37 Å². The molecule has 10 heteroatoms. The smallest absolute Gasteiger partial charge is 0.265 e. The van der Waals surface area contributed by atoms with Gasteiger partial charge in [0.15, 0.2) is 0 Å². The average molecular weight is 555 g/mol. The predicted molar refractivity (Wildman–Crippen MR) is 153 cm³/mol. The van der Waals surface area contributed by atoms with Crippen molar-refractivity contribution in [1.29, 1.82) is 5.26 Å². The Labute approximate surface area is 237 Å². The highest BCUT2D eigenvalue weighted by Gasteiger charge is 2.31. The molecule has 0 spiro atoms. The molecule has 1 amide bonds. The second-order valence-corrected chi connectivity index (χ2v) is 10.8. The Balaban J connectivity index is 1.57. The summed E-state index contributed by atoms with van der Waals surface area (Å²) < 4.78 is 20.5. The molecular formula is C31H31FN6O3. The molecule has 0 radical (unpaired) electrons. The fourth-order valence-corrected chi connectivity index (χ4v) is 5.11. The number of hydrogen-bond donors (Lipinski definition) is 1. The zero-order chi connectivity index (χ0) is 29.1. The molecule has 1 atom stereocenters. The van der Waals surface area contributed by atoms with Crippen LogP contribution in [0.25, 0.3) is 22.3 Å². The van der Waals surface area contributed by atoms with E-state index >= 15 is 0 Å². The van der Waals surface area contributed by atoms with Crippen molar-refractivity contribution in [2.24, 2.45) is 0 Å². The molecule has 1 N–H and O–H groups in total. The summed E-state index contributed by atoms with van der Waals surface area (Å²) in [7, 11) is 0. The van der Waals surface area contributed by atoms with Gasteiger partial charge in [0.2, 0.25) is 0 Å². The summed E-state index contributed by atoms with van der Waals surface area (Å²) >= 11 is 0. The first-order valence-corrected chi connectivity index (χ1v) is 13.5. The predicted octanol–water partition coefficient (Wildman–Crippen LogP) is 4.07. The Morgan fingerprint density at radius 2 is 1.85 bits per heavy atom. The zero-order valence-electron chi connectivity index (χ0n) is 23.2. The number of carbonyl (C=O) groups is 1. The van der Waals surface area contributed by atoms with E-state index in [0.29, 0.717) is 53.2 Å². The third-order valence-electron chi connectivity index (χ3n) is 7.49. The summed E-state index contributed by atoms with van der Waals surface area (Å²) in [5.41, 5.74) is 2.02. The van der Waals surface area contributed by atoms with Crippen LogP contribution >= 0.6 is 0 Å². The molecule has 0 bridgehead atoms. The topological polar surface area (TPSA) is 113 Å². The van der Waals surface area contributed by atoms with Crippen LogP contribution in [0, 0.1) is 17.1 Å². The van der Waals surface area contributed by atoms with Gasteiger partial charge in [0.05, 0.1) is 30.5 Å². The van der Waals surface area contributed by atoms with Gasteiger partial charge in [0.25, 0.3) is 11.5 Å². The largest absolute Gasteiger partial charge is 0.379 e. The van der Waals surface area contributed by atoms with Crippen molar-refractivity contribution in [2.45, 2.75) is 38.9 Å². The summed E-state index contributed by atoms with van der Waals surface area (Å²) in [5.74, 6) is -0.902. The Hall–Kier alpha value is -4.46. The quantitative estimate of drug-likeness (QED) is 0.366. The summed E-state index contributed by atoms with van der Waals surface area (Å²) in [6.45, 7) is 8.91. The molecule has 210 valence electrons. The van der Waals surface area contributed by atoms with Crippen LogP contribution in [0.1, 0.15) is 48.3 Å². The van der Waals surface area contributed by atoms with Crippen LogP contribution in [0.15, 0.2) is 65.7 Å². The maximum absolute atomic E-state index is 13.9. The van der Waals surface area contributed by atoms with E-state index in [2.05, 4.69) is 40.1 Å². The molecule has 1 aromatic carbocycles. The number of rotatable bonds is 7. The number of ether oxygens (including phenoxy) is 1. The van der Waals surface area contributed by atoms with Gasteiger partial charge in [-0.1, -0.05) is 12.1 Å². The van der Waals surface area contributed by atoms with Crippen LogP contribution in [-0.2, 0) is 11.3 Å². The number of aromatic nitrogens is 3. The number of fused-ring (bicyclic) bond motifs is 1. The zero-order valence-corrected chi connectivity index (χ0v) is 23.2. The Morgan fingerprint density at radius 3 is 2.51 bits per heavy atom. The van der Waals surface area contributed by atoms with Crippen LogP contribution in [0.5, 0.6) is 0 Å². The number of nitrogens with one attached hydrogen (secondary N) is 1. The van der Waals surface area contributed by atoms with E-state index in [1.165, 1.54) is 18.3 Å². The molecule has 4 aromatic rings. The fourth-order valence-electron chi connectivity index (χ4n) is 5.11. The molecule has 4 heterocycles. The Bertz CT molecular complexity index is 1670. The third-order valence-corrected chi connectivity index (χ3v) is 7.49. The minimum absolute atomic E-state index is 0.0176. The van der Waals surface area contributed by atoms with E-state index in [0.717, 1.165) is 13.1 Å². The number of benzene rings is 1. The SMILES string of the molecule is CC(NC(=O)c1cc2cc(-c3ccc(C#N)cn3)cnc2n(CC(C)(C)N2CCOCC2)c1=O)c1ccc(F)cc1. The van der Waals surface area contributed by atoms with Gasteiger partial charge in [-0.15, -0.1) is 0 Å². The van der Waals surface area contributed by atoms with Crippen molar-refractivity contribution in [1.82, 2.24) is 24.8 Å². The molecule has 1 aliphatic heterocycles. The number of nitriles is 1. The van der Waals surface area contributed by atoms with Gasteiger partial charge in [-0.2, -0.15) is 5.26 Å². The molecule has 9 nitrogen and oxygen atoms in total. The van der Waals surface area contributed by atoms with Crippen molar-refractivity contribution >= 4 is 16.9 Å². The Kier molecular flexibility index (Phi) is 7.92. The minimum Gasteiger partial charge on any atom is -0.379 e. The van der Waals surface area contributed by atoms with Crippen LogP contribution in [-0.4, -0.2) is 57.2 Å². The molecular weight excluding hydrogens is 523 g/mol. The van der Waals surface area contributed by atoms with Crippen molar-refractivity contribution < 1.29 is 13.9 Å². The van der Waals surface area contributed by atoms with Gasteiger partial charge in [0, 0.05) is 48.5 Å². The standard InChI is InChI=1S/C31H31FN6O3/c1-20(22-5-7-25(32)8-6-22)36-29(39)26-15-23-14-24(27-9-4-21(16-33)17-34-27)18-35-28(23)38(30(26)40)19-31(2,3)37-10-12-41-13-11-37/h4-9,14-15,17-18,20H,10-13,19H2,1-3H3,(H,36,39). The molecule has 1 saturated heterocycles. The number of hydrogen-bond acceptors (Lipinski definition) is 7. The second kappa shape index (κ2) is 11.6. The van der Waals surface area contributed by atoms with Crippen LogP contribution in [0.3, 0.4) is 0 Å². The lowest BCUT2D eigenvalue weighted by molar-refractivity contribution is -0.0156. The number of halogens is 1. The summed E-state index contributed by atoms with van der Waals surface area (Å²) in [5, 5.41) is 12.6. The normalized spacial score (nSPS) is 14.9. The number of morpholine rings is 1. The van der Waals surface area contributed by atoms with Crippen LogP contribution < -0.4 is 10.9 Å². The van der Waals surface area contributed by atoms with Gasteiger partial charge in [0.1, 0.15) is 23.1 Å². The maximum Gasteiger partial charge on any atom is 0.265 e. The van der Waals surface area contributed by atoms with E-state index < -0.39 is 23.0 Å². The molecule has 1 unspecified atom stereocenters. The molecule has 1 fully saturated rings. The lowest BCUT2D eigenvalue weighted by Gasteiger charge is -2.41. The highest BCUT2D eigenvalue weighted by molar-refractivity contribution is 5.97. The summed E-state index contributed by atoms with van der Waals surface area (Å²) in [4.78, 5) is 38.7. The average Bonchev–Trinajstić information content (AvgIpc) is 2.99. The first kappa shape index (κ1) is 28.1. The van der Waals surface area contributed by atoms with Crippen LogP contribution in [0.2, 0.25) is 0 Å². The van der Waals surface area contributed by atoms with Crippen molar-refractivity contribution in [3.8, 4) is 17.3 Å². The number of carbonyl (C=O) groups excluding carboxylic acids is 1. The van der Waals surface area contributed by atoms with Crippen molar-refractivity contribution in [2.75, 3.05) is 26.3 Å². The highest BCUT2D eigenvalue weighted by Crippen LogP contribution is 2.25. The Morgan fingerprint density at radius 1 is 1.12 bits per heavy atom. The maximum atomic E-state index is 13.9. The van der Waals surface area contributed by atoms with Gasteiger partial charge >= 0.3 is 0 Å². The number of nitrogens with zero attached hydrogens (tertiary/aromatic N) is 5. The molecule has 0 aliphatic carbocycles. The van der Waals surface area contributed by atoms with E-state index in [9.17, 15) is 14.0 Å². The number of pyridine rings is 3. The third kappa shape index (κ3) is 6.01. The second-order valence-electron chi connectivity index (χ2n) is 10.8. The highest BCUT2D eigenvalue weighted by atomic mass is 19.1. The molecule has 1 aliphatic rings. The number of amides is 1.